The van der Waals surface area contributed by atoms with E-state index < -0.39 is 0 Å². The third kappa shape index (κ3) is 4.92. The van der Waals surface area contributed by atoms with Crippen molar-refractivity contribution in [1.82, 2.24) is 20.2 Å². The number of H-pyrrole nitrogens is 1. The van der Waals surface area contributed by atoms with Gasteiger partial charge < -0.3 is 26.4 Å². The first kappa shape index (κ1) is 19.9. The molecular weight excluding hydrogens is 472 g/mol. The van der Waals surface area contributed by atoms with Crippen LogP contribution in [0.25, 0.3) is 11.0 Å². The second-order valence-electron chi connectivity index (χ2n) is 5.21. The van der Waals surface area contributed by atoms with Gasteiger partial charge in [-0.05, 0) is 36.4 Å². The number of hydrogen-bond acceptors (Lipinski definition) is 7. The Morgan fingerprint density at radius 1 is 1.07 bits per heavy atom. The largest absolute Gasteiger partial charge is 1.00 e. The van der Waals surface area contributed by atoms with Crippen LogP contribution >= 0.6 is 35.1 Å². The van der Waals surface area contributed by atoms with Crippen molar-refractivity contribution in [3.8, 4) is 0 Å². The SMILES string of the molecule is O=C(CSc1nnc(Sc2nc3ccccc3[nH]2)o1)c1ccc(Cl)cc1.[Br-]. The van der Waals surface area contributed by atoms with Crippen molar-refractivity contribution in [3.05, 3.63) is 59.1 Å². The molecule has 2 aromatic heterocycles. The molecule has 0 spiro atoms. The van der Waals surface area contributed by atoms with Crippen LogP contribution in [-0.2, 0) is 0 Å². The Balaban J connectivity index is 0.00000210. The average molecular weight is 483 g/mol. The fraction of sp³-hybridized carbons (Fsp3) is 0.0588. The van der Waals surface area contributed by atoms with Crippen LogP contribution in [0.4, 0.5) is 0 Å². The van der Waals surface area contributed by atoms with E-state index in [9.17, 15) is 4.79 Å². The molecule has 6 nitrogen and oxygen atoms in total. The summed E-state index contributed by atoms with van der Waals surface area (Å²) in [5.41, 5.74) is 2.41. The zero-order chi connectivity index (χ0) is 17.9. The Morgan fingerprint density at radius 2 is 1.81 bits per heavy atom. The van der Waals surface area contributed by atoms with Gasteiger partial charge in [-0.3, -0.25) is 4.79 Å². The summed E-state index contributed by atoms with van der Waals surface area (Å²) in [5.74, 6) is 0.176. The number of carbonyl (C=O) groups is 1. The second-order valence-corrected chi connectivity index (χ2v) is 7.52. The third-order valence-corrected chi connectivity index (χ3v) is 5.23. The smallest absolute Gasteiger partial charge is 0.285 e. The Bertz CT molecular complexity index is 1040. The Kier molecular flexibility index (Phi) is 6.59. The van der Waals surface area contributed by atoms with Crippen molar-refractivity contribution in [2.75, 3.05) is 5.75 Å². The molecule has 10 heteroatoms. The number of aromatic nitrogens is 4. The third-order valence-electron chi connectivity index (χ3n) is 3.43. The summed E-state index contributed by atoms with van der Waals surface area (Å²) >= 11 is 8.27. The Hall–Kier alpha value is -1.81. The normalized spacial score (nSPS) is 10.7. The minimum absolute atomic E-state index is 0. The van der Waals surface area contributed by atoms with E-state index in [1.807, 2.05) is 24.3 Å². The van der Waals surface area contributed by atoms with Crippen LogP contribution in [-0.4, -0.2) is 31.7 Å². The van der Waals surface area contributed by atoms with Crippen LogP contribution in [0.2, 0.25) is 5.02 Å². The maximum Gasteiger partial charge on any atom is 0.285 e. The van der Waals surface area contributed by atoms with Crippen molar-refractivity contribution < 1.29 is 26.2 Å². The molecule has 4 rings (SSSR count). The topological polar surface area (TPSA) is 84.7 Å². The summed E-state index contributed by atoms with van der Waals surface area (Å²) in [5, 5.41) is 9.91. The van der Waals surface area contributed by atoms with E-state index in [4.69, 9.17) is 16.0 Å². The molecule has 2 heterocycles. The number of aromatic amines is 1. The number of nitrogens with one attached hydrogen (secondary N) is 1. The number of rotatable bonds is 6. The summed E-state index contributed by atoms with van der Waals surface area (Å²) in [6, 6.07) is 14.5. The van der Waals surface area contributed by atoms with E-state index in [0.29, 0.717) is 26.2 Å². The molecule has 0 atom stereocenters. The Labute approximate surface area is 178 Å². The van der Waals surface area contributed by atoms with E-state index in [2.05, 4.69) is 20.2 Å². The monoisotopic (exact) mass is 481 g/mol. The first-order valence-electron chi connectivity index (χ1n) is 7.55. The highest BCUT2D eigenvalue weighted by Gasteiger charge is 2.13. The molecule has 0 amide bonds. The lowest BCUT2D eigenvalue weighted by Gasteiger charge is -1.98. The van der Waals surface area contributed by atoms with Crippen LogP contribution < -0.4 is 17.0 Å². The van der Waals surface area contributed by atoms with E-state index in [-0.39, 0.29) is 28.5 Å². The number of benzene rings is 2. The van der Waals surface area contributed by atoms with Gasteiger partial charge in [0.05, 0.1) is 16.8 Å². The van der Waals surface area contributed by atoms with Crippen LogP contribution in [0, 0.1) is 0 Å². The lowest BCUT2D eigenvalue weighted by atomic mass is 10.1. The van der Waals surface area contributed by atoms with Gasteiger partial charge in [0.2, 0.25) is 0 Å². The number of imidazole rings is 1. The highest BCUT2D eigenvalue weighted by molar-refractivity contribution is 8.00. The summed E-state index contributed by atoms with van der Waals surface area (Å²) in [7, 11) is 0. The number of fused-ring (bicyclic) bond motifs is 1. The number of halogens is 2. The van der Waals surface area contributed by atoms with Crippen LogP contribution in [0.15, 0.2) is 68.6 Å². The van der Waals surface area contributed by atoms with Crippen LogP contribution in [0.5, 0.6) is 0 Å². The number of ketones is 1. The number of thioether (sulfide) groups is 1. The van der Waals surface area contributed by atoms with Crippen molar-refractivity contribution in [2.24, 2.45) is 0 Å². The van der Waals surface area contributed by atoms with E-state index in [0.717, 1.165) is 11.0 Å². The van der Waals surface area contributed by atoms with E-state index in [1.165, 1.54) is 23.5 Å². The lowest BCUT2D eigenvalue weighted by molar-refractivity contribution is -0.0000134. The molecule has 0 saturated heterocycles. The van der Waals surface area contributed by atoms with Gasteiger partial charge in [-0.25, -0.2) is 4.98 Å². The van der Waals surface area contributed by atoms with Gasteiger partial charge in [0.25, 0.3) is 10.4 Å². The molecule has 0 aliphatic rings. The average Bonchev–Trinajstić information content (AvgIpc) is 3.26. The molecule has 0 saturated carbocycles. The molecule has 0 unspecified atom stereocenters. The molecule has 1 N–H and O–H groups in total. The summed E-state index contributed by atoms with van der Waals surface area (Å²) in [4.78, 5) is 19.8. The molecule has 0 aliphatic heterocycles. The highest BCUT2D eigenvalue weighted by Crippen LogP contribution is 2.28. The fourth-order valence-electron chi connectivity index (χ4n) is 2.20. The quantitative estimate of drug-likeness (QED) is 0.331. The maximum absolute atomic E-state index is 12.2. The predicted octanol–water partition coefficient (Wildman–Crippen LogP) is 1.73. The van der Waals surface area contributed by atoms with E-state index >= 15 is 0 Å². The molecule has 0 fully saturated rings. The van der Waals surface area contributed by atoms with Gasteiger partial charge in [-0.15, -0.1) is 5.10 Å². The molecule has 0 radical (unpaired) electrons. The maximum atomic E-state index is 12.2. The van der Waals surface area contributed by atoms with E-state index in [1.54, 1.807) is 24.3 Å². The van der Waals surface area contributed by atoms with Gasteiger partial charge in [0.1, 0.15) is 0 Å². The van der Waals surface area contributed by atoms with Gasteiger partial charge in [0.15, 0.2) is 10.9 Å². The molecule has 27 heavy (non-hydrogen) atoms. The first-order valence-corrected chi connectivity index (χ1v) is 9.73. The van der Waals surface area contributed by atoms with Gasteiger partial charge in [0, 0.05) is 22.3 Å². The summed E-state index contributed by atoms with van der Waals surface area (Å²) in [6.07, 6.45) is 0. The second kappa shape index (κ2) is 8.92. The minimum Gasteiger partial charge on any atom is -1.00 e. The minimum atomic E-state index is -0.0312. The highest BCUT2D eigenvalue weighted by atomic mass is 79.9. The van der Waals surface area contributed by atoms with Crippen molar-refractivity contribution in [3.63, 3.8) is 0 Å². The van der Waals surface area contributed by atoms with Gasteiger partial charge in [-0.2, -0.15) is 0 Å². The van der Waals surface area contributed by atoms with Crippen molar-refractivity contribution in [2.45, 2.75) is 15.6 Å². The van der Waals surface area contributed by atoms with Gasteiger partial charge in [-0.1, -0.05) is 40.6 Å². The summed E-state index contributed by atoms with van der Waals surface area (Å²) < 4.78 is 5.56. The number of nitrogens with zero attached hydrogens (tertiary/aromatic N) is 3. The fourth-order valence-corrected chi connectivity index (χ4v) is 3.71. The number of para-hydroxylation sites is 2. The predicted molar refractivity (Wildman–Crippen MR) is 101 cm³/mol. The first-order chi connectivity index (χ1) is 12.7. The lowest BCUT2D eigenvalue weighted by Crippen LogP contribution is -3.00. The van der Waals surface area contributed by atoms with Crippen molar-refractivity contribution in [1.29, 1.82) is 0 Å². The van der Waals surface area contributed by atoms with Gasteiger partial charge >= 0.3 is 0 Å². The number of hydrogen-bond donors (Lipinski definition) is 1. The molecule has 2 aromatic carbocycles. The molecular formula is C17H11BrClN4O2S2-. The molecule has 0 aliphatic carbocycles. The number of Topliss-reactive ketones (excluding diaryl/α,β-unsaturated/α-hetero) is 1. The molecule has 0 bridgehead atoms. The van der Waals surface area contributed by atoms with Crippen LogP contribution in [0.3, 0.4) is 0 Å². The molecule has 138 valence electrons. The standard InChI is InChI=1S/C17H11ClN4O2S2.BrH/c18-11-7-5-10(6-8-11)14(23)9-25-16-21-22-17(24-16)26-15-19-12-3-1-2-4-13(12)20-15;/h1-8H,9H2,(H,19,20);1H/p-1. The van der Waals surface area contributed by atoms with Crippen LogP contribution in [0.1, 0.15) is 10.4 Å². The summed E-state index contributed by atoms with van der Waals surface area (Å²) in [6.45, 7) is 0. The molecule has 4 aromatic rings. The zero-order valence-corrected chi connectivity index (χ0v) is 17.5. The number of carbonyl (C=O) groups excluding carboxylic acids is 1. The Morgan fingerprint density at radius 3 is 2.59 bits per heavy atom. The zero-order valence-electron chi connectivity index (χ0n) is 13.6. The van der Waals surface area contributed by atoms with Crippen molar-refractivity contribution >= 4 is 51.9 Å².